The molecule has 1 fully saturated rings. The number of hydrogen-bond donors (Lipinski definition) is 0. The summed E-state index contributed by atoms with van der Waals surface area (Å²) in [6, 6.07) is 0. The van der Waals surface area contributed by atoms with Gasteiger partial charge in [0, 0.05) is 6.54 Å². The average Bonchev–Trinajstić information content (AvgIpc) is 2.69. The Balaban J connectivity index is 2.12. The van der Waals surface area contributed by atoms with E-state index in [9.17, 15) is 8.78 Å². The predicted octanol–water partition coefficient (Wildman–Crippen LogP) is 1.98. The Bertz CT molecular complexity index is 109. The fourth-order valence-corrected chi connectivity index (χ4v) is 1.19. The Labute approximate surface area is 66.4 Å². The summed E-state index contributed by atoms with van der Waals surface area (Å²) < 4.78 is 23.8. The van der Waals surface area contributed by atoms with Crippen LogP contribution in [-0.2, 0) is 0 Å². The van der Waals surface area contributed by atoms with E-state index < -0.39 is 6.43 Å². The number of halogens is 2. The van der Waals surface area contributed by atoms with Crippen LogP contribution in [0.25, 0.3) is 0 Å². The number of hydrogen-bond acceptors (Lipinski definition) is 1. The smallest absolute Gasteiger partial charge is 0.251 e. The lowest BCUT2D eigenvalue weighted by Crippen LogP contribution is -2.30. The second-order valence-electron chi connectivity index (χ2n) is 3.19. The largest absolute Gasteiger partial charge is 0.298 e. The van der Waals surface area contributed by atoms with Crippen LogP contribution < -0.4 is 0 Å². The van der Waals surface area contributed by atoms with Crippen molar-refractivity contribution in [2.24, 2.45) is 5.92 Å². The summed E-state index contributed by atoms with van der Waals surface area (Å²) in [4.78, 5) is 1.84. The molecule has 0 saturated heterocycles. The summed E-state index contributed by atoms with van der Waals surface area (Å²) in [5, 5.41) is 0. The zero-order chi connectivity index (χ0) is 8.27. The lowest BCUT2D eigenvalue weighted by atomic mass is 10.3. The van der Waals surface area contributed by atoms with Crippen molar-refractivity contribution < 1.29 is 8.78 Å². The van der Waals surface area contributed by atoms with E-state index in [-0.39, 0.29) is 6.54 Å². The first-order valence-electron chi connectivity index (χ1n) is 4.23. The van der Waals surface area contributed by atoms with Gasteiger partial charge in [-0.3, -0.25) is 4.90 Å². The van der Waals surface area contributed by atoms with Crippen molar-refractivity contribution in [3.05, 3.63) is 0 Å². The Morgan fingerprint density at radius 3 is 2.45 bits per heavy atom. The van der Waals surface area contributed by atoms with Gasteiger partial charge in [0.1, 0.15) is 0 Å². The summed E-state index contributed by atoms with van der Waals surface area (Å²) in [6.45, 7) is 3.51. The monoisotopic (exact) mass is 163 g/mol. The molecule has 0 amide bonds. The molecule has 0 aromatic rings. The Kier molecular flexibility index (Phi) is 3.24. The van der Waals surface area contributed by atoms with E-state index in [1.54, 1.807) is 0 Å². The van der Waals surface area contributed by atoms with Crippen molar-refractivity contribution >= 4 is 0 Å². The van der Waals surface area contributed by atoms with Crippen molar-refractivity contribution in [1.82, 2.24) is 4.90 Å². The Hall–Kier alpha value is -0.180. The molecule has 66 valence electrons. The molecule has 1 nitrogen and oxygen atoms in total. The third kappa shape index (κ3) is 3.65. The van der Waals surface area contributed by atoms with Crippen molar-refractivity contribution in [3.8, 4) is 0 Å². The van der Waals surface area contributed by atoms with E-state index in [2.05, 4.69) is 0 Å². The van der Waals surface area contributed by atoms with E-state index in [4.69, 9.17) is 0 Å². The maximum absolute atomic E-state index is 11.9. The number of rotatable bonds is 5. The topological polar surface area (TPSA) is 3.24 Å². The van der Waals surface area contributed by atoms with Gasteiger partial charge in [-0.05, 0) is 25.3 Å². The molecule has 0 aromatic carbocycles. The highest BCUT2D eigenvalue weighted by Crippen LogP contribution is 2.29. The summed E-state index contributed by atoms with van der Waals surface area (Å²) >= 11 is 0. The van der Waals surface area contributed by atoms with Gasteiger partial charge < -0.3 is 0 Å². The molecule has 0 aromatic heterocycles. The molecule has 0 unspecified atom stereocenters. The van der Waals surface area contributed by atoms with Crippen LogP contribution in [0.15, 0.2) is 0 Å². The molecule has 0 heterocycles. The molecule has 0 aliphatic heterocycles. The van der Waals surface area contributed by atoms with Gasteiger partial charge in [0.2, 0.25) is 0 Å². The minimum absolute atomic E-state index is 0.0486. The zero-order valence-electron chi connectivity index (χ0n) is 6.89. The first kappa shape index (κ1) is 8.91. The van der Waals surface area contributed by atoms with E-state index in [0.717, 1.165) is 13.1 Å². The van der Waals surface area contributed by atoms with E-state index in [1.165, 1.54) is 12.8 Å². The Morgan fingerprint density at radius 1 is 1.45 bits per heavy atom. The molecule has 1 saturated carbocycles. The molecular formula is C8H15F2N. The molecule has 1 aliphatic carbocycles. The van der Waals surface area contributed by atoms with Crippen LogP contribution in [-0.4, -0.2) is 31.0 Å². The highest BCUT2D eigenvalue weighted by atomic mass is 19.3. The van der Waals surface area contributed by atoms with Crippen LogP contribution in [0, 0.1) is 5.92 Å². The second kappa shape index (κ2) is 4.00. The molecule has 0 N–H and O–H groups in total. The molecule has 0 radical (unpaired) electrons. The fraction of sp³-hybridized carbons (Fsp3) is 1.00. The van der Waals surface area contributed by atoms with Crippen LogP contribution in [0.3, 0.4) is 0 Å². The van der Waals surface area contributed by atoms with Gasteiger partial charge in [-0.2, -0.15) is 0 Å². The second-order valence-corrected chi connectivity index (χ2v) is 3.19. The molecule has 3 heteroatoms. The summed E-state index contributed by atoms with van der Waals surface area (Å²) in [5.74, 6) is 0.716. The minimum atomic E-state index is -2.17. The highest BCUT2D eigenvalue weighted by Gasteiger charge is 2.24. The normalized spacial score (nSPS) is 18.3. The molecule has 11 heavy (non-hydrogen) atoms. The third-order valence-electron chi connectivity index (χ3n) is 2.06. The summed E-state index contributed by atoms with van der Waals surface area (Å²) in [7, 11) is 0. The molecule has 0 spiro atoms. The maximum atomic E-state index is 11.9. The van der Waals surface area contributed by atoms with Crippen molar-refractivity contribution in [2.75, 3.05) is 19.6 Å². The van der Waals surface area contributed by atoms with Gasteiger partial charge >= 0.3 is 0 Å². The van der Waals surface area contributed by atoms with Gasteiger partial charge in [0.15, 0.2) is 0 Å². The van der Waals surface area contributed by atoms with Crippen LogP contribution in [0.5, 0.6) is 0 Å². The van der Waals surface area contributed by atoms with E-state index in [1.807, 2.05) is 11.8 Å². The molecular weight excluding hydrogens is 148 g/mol. The Morgan fingerprint density at radius 2 is 2.09 bits per heavy atom. The minimum Gasteiger partial charge on any atom is -0.298 e. The van der Waals surface area contributed by atoms with Crippen molar-refractivity contribution in [3.63, 3.8) is 0 Å². The van der Waals surface area contributed by atoms with Gasteiger partial charge in [-0.1, -0.05) is 6.92 Å². The predicted molar refractivity (Wildman–Crippen MR) is 40.8 cm³/mol. The summed E-state index contributed by atoms with van der Waals surface area (Å²) in [6.07, 6.45) is 0.299. The van der Waals surface area contributed by atoms with E-state index >= 15 is 0 Å². The van der Waals surface area contributed by atoms with Gasteiger partial charge in [0.25, 0.3) is 6.43 Å². The molecule has 1 aliphatic rings. The third-order valence-corrected chi connectivity index (χ3v) is 2.06. The van der Waals surface area contributed by atoms with Gasteiger partial charge in [-0.25, -0.2) is 8.78 Å². The lowest BCUT2D eigenvalue weighted by molar-refractivity contribution is 0.0886. The van der Waals surface area contributed by atoms with Crippen molar-refractivity contribution in [2.45, 2.75) is 26.2 Å². The first-order valence-corrected chi connectivity index (χ1v) is 4.23. The molecule has 1 rings (SSSR count). The standard InChI is InChI=1S/C8H15F2N/c1-2-11(6-8(9)10)5-7-3-4-7/h7-8H,2-6H2,1H3. The lowest BCUT2D eigenvalue weighted by Gasteiger charge is -2.18. The molecule has 0 atom stereocenters. The van der Waals surface area contributed by atoms with Crippen LogP contribution >= 0.6 is 0 Å². The average molecular weight is 163 g/mol. The van der Waals surface area contributed by atoms with Gasteiger partial charge in [0.05, 0.1) is 6.54 Å². The van der Waals surface area contributed by atoms with Crippen LogP contribution in [0.4, 0.5) is 8.78 Å². The zero-order valence-corrected chi connectivity index (χ0v) is 6.89. The van der Waals surface area contributed by atoms with Crippen LogP contribution in [0.1, 0.15) is 19.8 Å². The molecule has 0 bridgehead atoms. The quantitative estimate of drug-likeness (QED) is 0.599. The first-order chi connectivity index (χ1) is 5.22. The fourth-order valence-electron chi connectivity index (χ4n) is 1.19. The van der Waals surface area contributed by atoms with E-state index in [0.29, 0.717) is 5.92 Å². The maximum Gasteiger partial charge on any atom is 0.251 e. The number of nitrogens with zero attached hydrogens (tertiary/aromatic N) is 1. The number of alkyl halides is 2. The SMILES string of the molecule is CCN(CC(F)F)CC1CC1. The van der Waals surface area contributed by atoms with Crippen molar-refractivity contribution in [1.29, 1.82) is 0 Å². The highest BCUT2D eigenvalue weighted by molar-refractivity contribution is 4.77. The van der Waals surface area contributed by atoms with Crippen LogP contribution in [0.2, 0.25) is 0 Å². The van der Waals surface area contributed by atoms with Gasteiger partial charge in [-0.15, -0.1) is 0 Å². The summed E-state index contributed by atoms with van der Waals surface area (Å²) in [5.41, 5.74) is 0.